The van der Waals surface area contributed by atoms with Gasteiger partial charge in [0.15, 0.2) is 13.1 Å². The molecule has 0 saturated heterocycles. The minimum absolute atomic E-state index is 0.0603. The first-order valence-electron chi connectivity index (χ1n) is 8.90. The highest BCUT2D eigenvalue weighted by Crippen LogP contribution is 2.23. The molecule has 0 aliphatic rings. The van der Waals surface area contributed by atoms with Crippen LogP contribution in [0.4, 0.5) is 15.8 Å². The molecule has 0 aromatic heterocycles. The Balaban J connectivity index is 1.80. The van der Waals surface area contributed by atoms with Gasteiger partial charge < -0.3 is 15.5 Å². The lowest BCUT2D eigenvalue weighted by atomic mass is 9.87. The van der Waals surface area contributed by atoms with Gasteiger partial charge in [-0.2, -0.15) is 0 Å². The Labute approximate surface area is 159 Å². The number of halogens is 1. The number of quaternary nitrogens is 1. The molecule has 0 heterocycles. The SMILES string of the molecule is C[NH+](CC(=O)Nc1ccc(F)cc1)CC(=O)Nc1ccc(C(C)(C)C)cc1. The molecule has 6 heteroatoms. The highest BCUT2D eigenvalue weighted by atomic mass is 19.1. The number of hydrogen-bond acceptors (Lipinski definition) is 2. The molecule has 144 valence electrons. The average molecular weight is 372 g/mol. The fourth-order valence-electron chi connectivity index (χ4n) is 2.61. The number of benzene rings is 2. The molecule has 0 aliphatic carbocycles. The second-order valence-electron chi connectivity index (χ2n) is 7.74. The van der Waals surface area contributed by atoms with Crippen LogP contribution in [0.5, 0.6) is 0 Å². The average Bonchev–Trinajstić information content (AvgIpc) is 2.56. The first-order valence-corrected chi connectivity index (χ1v) is 8.90. The number of carbonyl (C=O) groups excluding carboxylic acids is 2. The van der Waals surface area contributed by atoms with E-state index in [1.54, 1.807) is 7.05 Å². The van der Waals surface area contributed by atoms with Crippen molar-refractivity contribution in [3.63, 3.8) is 0 Å². The third kappa shape index (κ3) is 6.83. The second-order valence-corrected chi connectivity index (χ2v) is 7.74. The molecule has 3 N–H and O–H groups in total. The first-order chi connectivity index (χ1) is 12.6. The van der Waals surface area contributed by atoms with Gasteiger partial charge in [-0.1, -0.05) is 32.9 Å². The van der Waals surface area contributed by atoms with Crippen molar-refractivity contribution in [1.29, 1.82) is 0 Å². The van der Waals surface area contributed by atoms with Gasteiger partial charge in [0.2, 0.25) is 0 Å². The van der Waals surface area contributed by atoms with Gasteiger partial charge in [-0.05, 0) is 47.4 Å². The van der Waals surface area contributed by atoms with E-state index in [0.29, 0.717) is 5.69 Å². The Morgan fingerprint density at radius 2 is 1.26 bits per heavy atom. The van der Waals surface area contributed by atoms with Gasteiger partial charge in [0.25, 0.3) is 11.8 Å². The van der Waals surface area contributed by atoms with Crippen molar-refractivity contribution in [2.75, 3.05) is 30.8 Å². The van der Waals surface area contributed by atoms with E-state index in [9.17, 15) is 14.0 Å². The van der Waals surface area contributed by atoms with Crippen LogP contribution in [0.15, 0.2) is 48.5 Å². The molecule has 0 radical (unpaired) electrons. The number of nitrogens with one attached hydrogen (secondary N) is 3. The van der Waals surface area contributed by atoms with Gasteiger partial charge in [-0.15, -0.1) is 0 Å². The summed E-state index contributed by atoms with van der Waals surface area (Å²) < 4.78 is 12.9. The van der Waals surface area contributed by atoms with Crippen LogP contribution in [-0.2, 0) is 15.0 Å². The molecule has 1 unspecified atom stereocenters. The minimum Gasteiger partial charge on any atom is -0.322 e. The third-order valence-electron chi connectivity index (χ3n) is 4.09. The summed E-state index contributed by atoms with van der Waals surface area (Å²) in [6, 6.07) is 13.3. The standard InChI is InChI=1S/C21H26FN3O2/c1-21(2,3)15-5-9-17(10-6-15)23-19(26)13-25(4)14-20(27)24-18-11-7-16(22)8-12-18/h5-12H,13-14H2,1-4H3,(H,23,26)(H,24,27)/p+1. The summed E-state index contributed by atoms with van der Waals surface area (Å²) in [4.78, 5) is 24.9. The molecule has 1 atom stereocenters. The quantitative estimate of drug-likeness (QED) is 0.728. The maximum absolute atomic E-state index is 12.9. The van der Waals surface area contributed by atoms with E-state index in [-0.39, 0.29) is 36.1 Å². The number of amides is 2. The van der Waals surface area contributed by atoms with Crippen molar-refractivity contribution in [1.82, 2.24) is 0 Å². The molecule has 27 heavy (non-hydrogen) atoms. The molecule has 5 nitrogen and oxygen atoms in total. The van der Waals surface area contributed by atoms with Gasteiger partial charge in [-0.3, -0.25) is 9.59 Å². The van der Waals surface area contributed by atoms with E-state index in [0.717, 1.165) is 10.6 Å². The number of rotatable bonds is 6. The largest absolute Gasteiger partial charge is 0.322 e. The Hall–Kier alpha value is -2.73. The Morgan fingerprint density at radius 3 is 1.67 bits per heavy atom. The number of likely N-dealkylation sites (N-methyl/N-ethyl adjacent to an activating group) is 1. The summed E-state index contributed by atoms with van der Waals surface area (Å²) >= 11 is 0. The predicted octanol–water partition coefficient (Wildman–Crippen LogP) is 2.22. The highest BCUT2D eigenvalue weighted by Gasteiger charge is 2.16. The van der Waals surface area contributed by atoms with E-state index in [4.69, 9.17) is 0 Å². The zero-order valence-electron chi connectivity index (χ0n) is 16.2. The fraction of sp³-hybridized carbons (Fsp3) is 0.333. The molecular weight excluding hydrogens is 345 g/mol. The van der Waals surface area contributed by atoms with E-state index in [1.807, 2.05) is 24.3 Å². The lowest BCUT2D eigenvalue weighted by molar-refractivity contribution is -0.862. The summed E-state index contributed by atoms with van der Waals surface area (Å²) in [6.45, 7) is 6.70. The molecule has 2 amide bonds. The molecule has 2 aromatic rings. The summed E-state index contributed by atoms with van der Waals surface area (Å²) in [5.74, 6) is -0.755. The fourth-order valence-corrected chi connectivity index (χ4v) is 2.61. The molecule has 0 spiro atoms. The molecule has 2 aromatic carbocycles. The summed E-state index contributed by atoms with van der Waals surface area (Å²) in [5.41, 5.74) is 2.51. The van der Waals surface area contributed by atoms with E-state index in [1.165, 1.54) is 29.8 Å². The van der Waals surface area contributed by atoms with Crippen molar-refractivity contribution in [3.05, 3.63) is 59.9 Å². The van der Waals surface area contributed by atoms with Crippen molar-refractivity contribution < 1.29 is 18.9 Å². The van der Waals surface area contributed by atoms with Gasteiger partial charge in [-0.25, -0.2) is 4.39 Å². The summed E-state index contributed by atoms with van der Waals surface area (Å²) in [7, 11) is 1.77. The van der Waals surface area contributed by atoms with Crippen LogP contribution in [0, 0.1) is 5.82 Å². The lowest BCUT2D eigenvalue weighted by Crippen LogP contribution is -3.11. The third-order valence-corrected chi connectivity index (χ3v) is 4.09. The van der Waals surface area contributed by atoms with Crippen molar-refractivity contribution in [2.24, 2.45) is 0 Å². The highest BCUT2D eigenvalue weighted by molar-refractivity contribution is 5.93. The van der Waals surface area contributed by atoms with Crippen LogP contribution in [0.2, 0.25) is 0 Å². The second kappa shape index (κ2) is 8.77. The monoisotopic (exact) mass is 372 g/mol. The van der Waals surface area contributed by atoms with Gasteiger partial charge in [0, 0.05) is 11.4 Å². The van der Waals surface area contributed by atoms with Gasteiger partial charge >= 0.3 is 0 Å². The summed E-state index contributed by atoms with van der Waals surface area (Å²) in [6.07, 6.45) is 0. The number of anilines is 2. The van der Waals surface area contributed by atoms with Crippen molar-refractivity contribution in [2.45, 2.75) is 26.2 Å². The normalized spacial score (nSPS) is 12.3. The molecule has 0 saturated carbocycles. The number of hydrogen-bond donors (Lipinski definition) is 3. The number of carbonyl (C=O) groups is 2. The maximum Gasteiger partial charge on any atom is 0.279 e. The molecular formula is C21H27FN3O2+. The van der Waals surface area contributed by atoms with E-state index >= 15 is 0 Å². The van der Waals surface area contributed by atoms with Crippen LogP contribution in [0.25, 0.3) is 0 Å². The minimum atomic E-state index is -0.358. The van der Waals surface area contributed by atoms with Crippen LogP contribution in [0.3, 0.4) is 0 Å². The molecule has 0 aliphatic heterocycles. The molecule has 0 bridgehead atoms. The van der Waals surface area contributed by atoms with Crippen LogP contribution >= 0.6 is 0 Å². The molecule has 0 fully saturated rings. The zero-order chi connectivity index (χ0) is 20.0. The van der Waals surface area contributed by atoms with Crippen molar-refractivity contribution in [3.8, 4) is 0 Å². The maximum atomic E-state index is 12.9. The van der Waals surface area contributed by atoms with E-state index in [2.05, 4.69) is 31.4 Å². The van der Waals surface area contributed by atoms with Crippen LogP contribution in [0.1, 0.15) is 26.3 Å². The first kappa shape index (κ1) is 20.6. The topological polar surface area (TPSA) is 62.6 Å². The van der Waals surface area contributed by atoms with Gasteiger partial charge in [0.05, 0.1) is 7.05 Å². The van der Waals surface area contributed by atoms with E-state index < -0.39 is 0 Å². The van der Waals surface area contributed by atoms with Gasteiger partial charge in [0.1, 0.15) is 5.82 Å². The molecule has 2 rings (SSSR count). The van der Waals surface area contributed by atoms with Crippen molar-refractivity contribution >= 4 is 23.2 Å². The zero-order valence-corrected chi connectivity index (χ0v) is 16.2. The Kier molecular flexibility index (Phi) is 6.69. The lowest BCUT2D eigenvalue weighted by Gasteiger charge is -2.19. The Morgan fingerprint density at radius 1 is 0.852 bits per heavy atom. The predicted molar refractivity (Wildman–Crippen MR) is 105 cm³/mol. The van der Waals surface area contributed by atoms with Crippen LogP contribution < -0.4 is 15.5 Å². The Bertz CT molecular complexity index is 781. The smallest absolute Gasteiger partial charge is 0.279 e. The van der Waals surface area contributed by atoms with Crippen LogP contribution in [-0.4, -0.2) is 32.0 Å². The summed E-state index contributed by atoms with van der Waals surface area (Å²) in [5, 5.41) is 5.53.